The lowest BCUT2D eigenvalue weighted by Crippen LogP contribution is -1.83. The molecule has 0 saturated heterocycles. The Morgan fingerprint density at radius 1 is 0.650 bits per heavy atom. The second-order valence-electron chi connectivity index (χ2n) is 3.89. The van der Waals surface area contributed by atoms with Gasteiger partial charge >= 0.3 is 0 Å². The SMILES string of the molecule is CC.CCc1ccccc1F.CCc1ccccc1F. The van der Waals surface area contributed by atoms with Gasteiger partial charge in [-0.15, -0.1) is 0 Å². The van der Waals surface area contributed by atoms with Gasteiger partial charge in [-0.05, 0) is 36.1 Å². The molecular formula is C18H24F2. The number of halogens is 2. The number of hydrogen-bond acceptors (Lipinski definition) is 0. The van der Waals surface area contributed by atoms with Crippen LogP contribution in [0.25, 0.3) is 0 Å². The van der Waals surface area contributed by atoms with Gasteiger partial charge in [0.05, 0.1) is 0 Å². The zero-order chi connectivity index (χ0) is 15.4. The molecule has 0 aliphatic carbocycles. The summed E-state index contributed by atoms with van der Waals surface area (Å²) in [5.41, 5.74) is 1.58. The summed E-state index contributed by atoms with van der Waals surface area (Å²) < 4.78 is 25.2. The highest BCUT2D eigenvalue weighted by atomic mass is 19.1. The fourth-order valence-corrected chi connectivity index (χ4v) is 1.57. The lowest BCUT2D eigenvalue weighted by molar-refractivity contribution is 0.612. The molecule has 2 aromatic carbocycles. The van der Waals surface area contributed by atoms with Gasteiger partial charge in [-0.25, -0.2) is 8.78 Å². The molecule has 0 nitrogen and oxygen atoms in total. The van der Waals surface area contributed by atoms with Gasteiger partial charge in [-0.1, -0.05) is 64.1 Å². The van der Waals surface area contributed by atoms with Gasteiger partial charge in [0.15, 0.2) is 0 Å². The van der Waals surface area contributed by atoms with Gasteiger partial charge in [0.25, 0.3) is 0 Å². The summed E-state index contributed by atoms with van der Waals surface area (Å²) in [5.74, 6) is -0.194. The van der Waals surface area contributed by atoms with E-state index in [4.69, 9.17) is 0 Å². The average molecular weight is 278 g/mol. The van der Waals surface area contributed by atoms with Crippen LogP contribution in [0.5, 0.6) is 0 Å². The molecule has 0 saturated carbocycles. The first-order valence-electron chi connectivity index (χ1n) is 7.15. The molecule has 0 spiro atoms. The molecule has 110 valence electrons. The molecular weight excluding hydrogens is 254 g/mol. The molecule has 0 amide bonds. The number of benzene rings is 2. The van der Waals surface area contributed by atoms with E-state index in [1.165, 1.54) is 12.1 Å². The first-order valence-corrected chi connectivity index (χ1v) is 7.15. The summed E-state index contributed by atoms with van der Waals surface area (Å²) in [5, 5.41) is 0. The number of hydrogen-bond donors (Lipinski definition) is 0. The van der Waals surface area contributed by atoms with Crippen LogP contribution < -0.4 is 0 Å². The third kappa shape index (κ3) is 6.46. The molecule has 0 unspecified atom stereocenters. The maximum absolute atomic E-state index is 12.6. The van der Waals surface area contributed by atoms with Crippen molar-refractivity contribution in [3.05, 3.63) is 71.3 Å². The Bertz CT molecular complexity index is 433. The Hall–Kier alpha value is -1.70. The minimum atomic E-state index is -0.0972. The monoisotopic (exact) mass is 278 g/mol. The van der Waals surface area contributed by atoms with Gasteiger partial charge in [-0.2, -0.15) is 0 Å². The predicted octanol–water partition coefficient (Wildman–Crippen LogP) is 5.80. The molecule has 0 bridgehead atoms. The second kappa shape index (κ2) is 11.2. The van der Waals surface area contributed by atoms with Crippen molar-refractivity contribution in [3.63, 3.8) is 0 Å². The van der Waals surface area contributed by atoms with Crippen LogP contribution in [-0.4, -0.2) is 0 Å². The topological polar surface area (TPSA) is 0 Å². The van der Waals surface area contributed by atoms with Crippen LogP contribution in [0.3, 0.4) is 0 Å². The van der Waals surface area contributed by atoms with Crippen LogP contribution in [-0.2, 0) is 12.8 Å². The Balaban J connectivity index is 0.000000321. The highest BCUT2D eigenvalue weighted by Crippen LogP contribution is 2.06. The van der Waals surface area contributed by atoms with E-state index >= 15 is 0 Å². The fourth-order valence-electron chi connectivity index (χ4n) is 1.57. The highest BCUT2D eigenvalue weighted by Gasteiger charge is 1.94. The maximum atomic E-state index is 12.6. The Kier molecular flexibility index (Phi) is 10.2. The van der Waals surface area contributed by atoms with E-state index in [1.54, 1.807) is 24.3 Å². The molecule has 2 aromatic rings. The summed E-state index contributed by atoms with van der Waals surface area (Å²) in [7, 11) is 0. The summed E-state index contributed by atoms with van der Waals surface area (Å²) in [6.07, 6.45) is 1.54. The molecule has 0 N–H and O–H groups in total. The third-order valence-corrected chi connectivity index (χ3v) is 2.68. The summed E-state index contributed by atoms with van der Waals surface area (Å²) in [6.45, 7) is 7.89. The van der Waals surface area contributed by atoms with Gasteiger partial charge < -0.3 is 0 Å². The van der Waals surface area contributed by atoms with Gasteiger partial charge in [0.1, 0.15) is 11.6 Å². The van der Waals surface area contributed by atoms with E-state index in [0.717, 1.165) is 24.0 Å². The summed E-state index contributed by atoms with van der Waals surface area (Å²) in [4.78, 5) is 0. The molecule has 2 rings (SSSR count). The van der Waals surface area contributed by atoms with E-state index in [2.05, 4.69) is 0 Å². The van der Waals surface area contributed by atoms with Crippen LogP contribution in [0.4, 0.5) is 8.78 Å². The molecule has 20 heavy (non-hydrogen) atoms. The molecule has 0 aliphatic heterocycles. The molecule has 0 aliphatic rings. The highest BCUT2D eigenvalue weighted by molar-refractivity contribution is 5.17. The molecule has 0 radical (unpaired) electrons. The molecule has 0 aromatic heterocycles. The van der Waals surface area contributed by atoms with Crippen LogP contribution >= 0.6 is 0 Å². The molecule has 0 atom stereocenters. The summed E-state index contributed by atoms with van der Waals surface area (Å²) >= 11 is 0. The third-order valence-electron chi connectivity index (χ3n) is 2.68. The van der Waals surface area contributed by atoms with Crippen LogP contribution in [0.1, 0.15) is 38.8 Å². The lowest BCUT2D eigenvalue weighted by Gasteiger charge is -1.94. The van der Waals surface area contributed by atoms with E-state index in [9.17, 15) is 8.78 Å². The van der Waals surface area contributed by atoms with Crippen molar-refractivity contribution in [1.29, 1.82) is 0 Å². The molecule has 0 heterocycles. The largest absolute Gasteiger partial charge is 0.207 e. The van der Waals surface area contributed by atoms with Crippen molar-refractivity contribution in [2.45, 2.75) is 40.5 Å². The average Bonchev–Trinajstić information content (AvgIpc) is 2.51. The van der Waals surface area contributed by atoms with Gasteiger partial charge in [0, 0.05) is 0 Å². The molecule has 2 heteroatoms. The predicted molar refractivity (Wildman–Crippen MR) is 82.9 cm³/mol. The van der Waals surface area contributed by atoms with Crippen molar-refractivity contribution < 1.29 is 8.78 Å². The van der Waals surface area contributed by atoms with Crippen molar-refractivity contribution in [1.82, 2.24) is 0 Å². The normalized spacial score (nSPS) is 8.90. The van der Waals surface area contributed by atoms with Crippen LogP contribution in [0.2, 0.25) is 0 Å². The van der Waals surface area contributed by atoms with Gasteiger partial charge in [0.2, 0.25) is 0 Å². The zero-order valence-corrected chi connectivity index (χ0v) is 12.8. The van der Waals surface area contributed by atoms with Crippen LogP contribution in [0, 0.1) is 11.6 Å². The number of rotatable bonds is 2. The van der Waals surface area contributed by atoms with E-state index in [1.807, 2.05) is 39.8 Å². The first kappa shape index (κ1) is 18.3. The van der Waals surface area contributed by atoms with E-state index in [-0.39, 0.29) is 11.6 Å². The van der Waals surface area contributed by atoms with Crippen molar-refractivity contribution in [2.24, 2.45) is 0 Å². The maximum Gasteiger partial charge on any atom is 0.126 e. The van der Waals surface area contributed by atoms with Crippen molar-refractivity contribution in [2.75, 3.05) is 0 Å². The Labute approximate surface area is 121 Å². The smallest absolute Gasteiger partial charge is 0.126 e. The minimum Gasteiger partial charge on any atom is -0.207 e. The van der Waals surface area contributed by atoms with Crippen molar-refractivity contribution >= 4 is 0 Å². The summed E-state index contributed by atoms with van der Waals surface area (Å²) in [6, 6.07) is 13.7. The zero-order valence-electron chi connectivity index (χ0n) is 12.8. The first-order chi connectivity index (χ1) is 9.69. The van der Waals surface area contributed by atoms with E-state index in [0.29, 0.717) is 0 Å². The van der Waals surface area contributed by atoms with Crippen molar-refractivity contribution in [3.8, 4) is 0 Å². The quantitative estimate of drug-likeness (QED) is 0.651. The standard InChI is InChI=1S/2C8H9F.C2H6/c2*1-2-7-5-3-4-6-8(7)9;1-2/h2*3-6H,2H2,1H3;1-2H3. The minimum absolute atomic E-state index is 0.0972. The fraction of sp³-hybridized carbons (Fsp3) is 0.333. The van der Waals surface area contributed by atoms with Gasteiger partial charge in [-0.3, -0.25) is 0 Å². The van der Waals surface area contributed by atoms with Crippen LogP contribution in [0.15, 0.2) is 48.5 Å². The second-order valence-corrected chi connectivity index (χ2v) is 3.89. The molecule has 0 fully saturated rings. The Morgan fingerprint density at radius 2 is 0.950 bits per heavy atom. The van der Waals surface area contributed by atoms with E-state index < -0.39 is 0 Å². The number of aryl methyl sites for hydroxylation is 2. The Morgan fingerprint density at radius 3 is 1.15 bits per heavy atom. The lowest BCUT2D eigenvalue weighted by atomic mass is 10.2.